The molecule has 1 aliphatic carbocycles. The van der Waals surface area contributed by atoms with Gasteiger partial charge in [-0.2, -0.15) is 0 Å². The Kier molecular flexibility index (Phi) is 8.62. The molecule has 1 aromatic heterocycles. The molecule has 0 fully saturated rings. The van der Waals surface area contributed by atoms with Crippen LogP contribution in [0.15, 0.2) is 218 Å². The van der Waals surface area contributed by atoms with E-state index in [-0.39, 0.29) is 5.41 Å². The standard InChI is InChI=1S/C59H46N4/c1-59(2)53-21-11-9-19-49(53)50-35-33-48(40-54(50)59)62(45-27-25-42(26-28-45)41-15-5-3-6-16-41)46-31-29-43(30-32-46)60-37-38-61(58-24-14-13-23-57(58)60)47-34-36-56-52(39-47)51-20-10-12-22-55(51)63(56)44-17-7-4-8-18-44/h3-36,39-40H,37-38H2,1-2H3. The molecule has 2 aliphatic rings. The van der Waals surface area contributed by atoms with Gasteiger partial charge in [-0.3, -0.25) is 0 Å². The van der Waals surface area contributed by atoms with Crippen molar-refractivity contribution in [2.24, 2.45) is 0 Å². The lowest BCUT2D eigenvalue weighted by Gasteiger charge is -2.39. The van der Waals surface area contributed by atoms with Gasteiger partial charge in [-0.25, -0.2) is 0 Å². The van der Waals surface area contributed by atoms with E-state index < -0.39 is 0 Å². The van der Waals surface area contributed by atoms with Crippen LogP contribution in [0, 0.1) is 0 Å². The van der Waals surface area contributed by atoms with Crippen LogP contribution < -0.4 is 14.7 Å². The second-order valence-corrected chi connectivity index (χ2v) is 17.3. The highest BCUT2D eigenvalue weighted by Crippen LogP contribution is 2.51. The van der Waals surface area contributed by atoms with Crippen molar-refractivity contribution in [3.63, 3.8) is 0 Å². The monoisotopic (exact) mass is 810 g/mol. The van der Waals surface area contributed by atoms with Crippen molar-refractivity contribution < 1.29 is 0 Å². The molecule has 0 unspecified atom stereocenters. The van der Waals surface area contributed by atoms with E-state index in [1.807, 2.05) is 0 Å². The van der Waals surface area contributed by atoms with Crippen LogP contribution in [0.3, 0.4) is 0 Å². The van der Waals surface area contributed by atoms with Gasteiger partial charge in [-0.15, -0.1) is 0 Å². The maximum absolute atomic E-state index is 2.49. The summed E-state index contributed by atoms with van der Waals surface area (Å²) >= 11 is 0. The normalized spacial score (nSPS) is 13.8. The number of hydrogen-bond acceptors (Lipinski definition) is 3. The smallest absolute Gasteiger partial charge is 0.0652 e. The predicted molar refractivity (Wildman–Crippen MR) is 265 cm³/mol. The molecule has 9 aromatic carbocycles. The van der Waals surface area contributed by atoms with Crippen LogP contribution in [0.2, 0.25) is 0 Å². The molecule has 0 atom stereocenters. The Morgan fingerprint density at radius 2 is 0.921 bits per heavy atom. The molecule has 0 radical (unpaired) electrons. The molecular formula is C59H46N4. The third-order valence-corrected chi connectivity index (χ3v) is 13.5. The zero-order chi connectivity index (χ0) is 42.1. The number of anilines is 7. The topological polar surface area (TPSA) is 14.7 Å². The van der Waals surface area contributed by atoms with Crippen molar-refractivity contribution in [3.05, 3.63) is 230 Å². The Hall–Kier alpha value is -7.82. The highest BCUT2D eigenvalue weighted by molar-refractivity contribution is 6.10. The summed E-state index contributed by atoms with van der Waals surface area (Å²) in [6.45, 7) is 6.42. The molecule has 10 aromatic rings. The van der Waals surface area contributed by atoms with Crippen LogP contribution in [0.4, 0.5) is 39.8 Å². The first-order valence-corrected chi connectivity index (χ1v) is 22.0. The fourth-order valence-electron chi connectivity index (χ4n) is 10.4. The summed E-state index contributed by atoms with van der Waals surface area (Å²) in [6.07, 6.45) is 0. The van der Waals surface area contributed by atoms with E-state index in [1.165, 1.54) is 83.6 Å². The lowest BCUT2D eigenvalue weighted by Crippen LogP contribution is -2.36. The van der Waals surface area contributed by atoms with Crippen LogP contribution >= 0.6 is 0 Å². The molecule has 4 nitrogen and oxygen atoms in total. The molecule has 0 saturated heterocycles. The lowest BCUT2D eigenvalue weighted by molar-refractivity contribution is 0.660. The summed E-state index contributed by atoms with van der Waals surface area (Å²) < 4.78 is 2.38. The number of rotatable bonds is 7. The number of aromatic nitrogens is 1. The highest BCUT2D eigenvalue weighted by atomic mass is 15.3. The minimum absolute atomic E-state index is 0.100. The van der Waals surface area contributed by atoms with Crippen molar-refractivity contribution >= 4 is 61.6 Å². The quantitative estimate of drug-likeness (QED) is 0.159. The van der Waals surface area contributed by atoms with E-state index >= 15 is 0 Å². The third kappa shape index (κ3) is 6.05. The minimum atomic E-state index is -0.100. The van der Waals surface area contributed by atoms with Gasteiger partial charge in [0.1, 0.15) is 0 Å². The van der Waals surface area contributed by atoms with Crippen LogP contribution in [0.5, 0.6) is 0 Å². The van der Waals surface area contributed by atoms with E-state index in [0.29, 0.717) is 0 Å². The molecular weight excluding hydrogens is 765 g/mol. The van der Waals surface area contributed by atoms with Gasteiger partial charge in [0.05, 0.1) is 22.4 Å². The Bertz CT molecular complexity index is 3310. The van der Waals surface area contributed by atoms with Crippen molar-refractivity contribution in [1.82, 2.24) is 4.57 Å². The Balaban J connectivity index is 0.901. The molecule has 0 saturated carbocycles. The molecule has 12 rings (SSSR count). The molecule has 63 heavy (non-hydrogen) atoms. The summed E-state index contributed by atoms with van der Waals surface area (Å²) in [5, 5.41) is 2.53. The first kappa shape index (κ1) is 37.0. The zero-order valence-electron chi connectivity index (χ0n) is 35.5. The fourth-order valence-corrected chi connectivity index (χ4v) is 10.4. The van der Waals surface area contributed by atoms with Crippen molar-refractivity contribution in [3.8, 4) is 27.9 Å². The van der Waals surface area contributed by atoms with Gasteiger partial charge in [0.15, 0.2) is 0 Å². The molecule has 0 spiro atoms. The van der Waals surface area contributed by atoms with Crippen molar-refractivity contribution in [1.29, 1.82) is 0 Å². The maximum Gasteiger partial charge on any atom is 0.0652 e. The second-order valence-electron chi connectivity index (χ2n) is 17.3. The maximum atomic E-state index is 2.49. The number of para-hydroxylation sites is 4. The van der Waals surface area contributed by atoms with E-state index in [2.05, 4.69) is 252 Å². The van der Waals surface area contributed by atoms with Gasteiger partial charge in [0.25, 0.3) is 0 Å². The molecule has 0 amide bonds. The largest absolute Gasteiger partial charge is 0.338 e. The van der Waals surface area contributed by atoms with E-state index in [0.717, 1.165) is 30.2 Å². The van der Waals surface area contributed by atoms with Crippen LogP contribution in [-0.2, 0) is 5.41 Å². The highest BCUT2D eigenvalue weighted by Gasteiger charge is 2.36. The summed E-state index contributed by atoms with van der Waals surface area (Å²) in [5.41, 5.74) is 19.5. The molecule has 1 aliphatic heterocycles. The fraction of sp³-hybridized carbons (Fsp3) is 0.0847. The number of hydrogen-bond donors (Lipinski definition) is 0. The van der Waals surface area contributed by atoms with Gasteiger partial charge in [-0.1, -0.05) is 135 Å². The Labute approximate surface area is 369 Å². The molecule has 0 bridgehead atoms. The number of fused-ring (bicyclic) bond motifs is 7. The van der Waals surface area contributed by atoms with Gasteiger partial charge >= 0.3 is 0 Å². The average molecular weight is 811 g/mol. The minimum Gasteiger partial charge on any atom is -0.338 e. The first-order valence-electron chi connectivity index (χ1n) is 22.0. The van der Waals surface area contributed by atoms with Crippen LogP contribution in [0.1, 0.15) is 25.0 Å². The van der Waals surface area contributed by atoms with Crippen LogP contribution in [-0.4, -0.2) is 17.7 Å². The molecule has 4 heteroatoms. The third-order valence-electron chi connectivity index (χ3n) is 13.5. The first-order chi connectivity index (χ1) is 31.0. The Morgan fingerprint density at radius 3 is 1.67 bits per heavy atom. The lowest BCUT2D eigenvalue weighted by atomic mass is 9.82. The molecule has 302 valence electrons. The van der Waals surface area contributed by atoms with Gasteiger partial charge in [-0.05, 0) is 130 Å². The van der Waals surface area contributed by atoms with Gasteiger partial charge in [0.2, 0.25) is 0 Å². The van der Waals surface area contributed by atoms with E-state index in [9.17, 15) is 0 Å². The SMILES string of the molecule is CC1(C)c2ccccc2-c2ccc(N(c3ccc(-c4ccccc4)cc3)c3ccc(N4CCN(c5ccc6c(c5)c5ccccc5n6-c5ccccc5)c5ccccc54)cc3)cc21. The summed E-state index contributed by atoms with van der Waals surface area (Å²) in [7, 11) is 0. The van der Waals surface area contributed by atoms with Gasteiger partial charge in [0, 0.05) is 63.4 Å². The predicted octanol–water partition coefficient (Wildman–Crippen LogP) is 15.5. The van der Waals surface area contributed by atoms with E-state index in [4.69, 9.17) is 0 Å². The number of nitrogens with zero attached hydrogens (tertiary/aromatic N) is 4. The summed E-state index contributed by atoms with van der Waals surface area (Å²) in [4.78, 5) is 7.38. The van der Waals surface area contributed by atoms with E-state index in [1.54, 1.807) is 0 Å². The average Bonchev–Trinajstić information content (AvgIpc) is 3.80. The second kappa shape index (κ2) is 14.7. The zero-order valence-corrected chi connectivity index (χ0v) is 35.5. The van der Waals surface area contributed by atoms with Crippen LogP contribution in [0.25, 0.3) is 49.7 Å². The summed E-state index contributed by atoms with van der Waals surface area (Å²) in [6, 6.07) is 80.0. The van der Waals surface area contributed by atoms with Crippen molar-refractivity contribution in [2.45, 2.75) is 19.3 Å². The summed E-state index contributed by atoms with van der Waals surface area (Å²) in [5.74, 6) is 0. The van der Waals surface area contributed by atoms with Crippen molar-refractivity contribution in [2.75, 3.05) is 27.8 Å². The molecule has 2 heterocycles. The Morgan fingerprint density at radius 1 is 0.381 bits per heavy atom. The van der Waals surface area contributed by atoms with Gasteiger partial charge < -0.3 is 19.3 Å². The number of benzene rings is 9. The molecule has 0 N–H and O–H groups in total.